The van der Waals surface area contributed by atoms with Crippen LogP contribution in [0.25, 0.3) is 0 Å². The van der Waals surface area contributed by atoms with Gasteiger partial charge in [-0.15, -0.1) is 0 Å². The van der Waals surface area contributed by atoms with E-state index in [1.165, 1.54) is 0 Å². The SMILES string of the molecule is Cc1nn(C)c(C)c1COS(C)(=O)=O. The molecule has 0 spiro atoms. The maximum atomic E-state index is 10.8. The second kappa shape index (κ2) is 3.70. The van der Waals surface area contributed by atoms with Gasteiger partial charge in [0.15, 0.2) is 0 Å². The maximum absolute atomic E-state index is 10.8. The maximum Gasteiger partial charge on any atom is 0.264 e. The van der Waals surface area contributed by atoms with Gasteiger partial charge in [0.05, 0.1) is 18.6 Å². The summed E-state index contributed by atoms with van der Waals surface area (Å²) in [5.74, 6) is 0. The smallest absolute Gasteiger partial charge is 0.264 e. The van der Waals surface area contributed by atoms with Crippen molar-refractivity contribution in [1.29, 1.82) is 0 Å². The van der Waals surface area contributed by atoms with Crippen molar-refractivity contribution in [3.05, 3.63) is 17.0 Å². The summed E-state index contributed by atoms with van der Waals surface area (Å²) in [6.45, 7) is 3.76. The molecule has 6 heteroatoms. The minimum Gasteiger partial charge on any atom is -0.272 e. The number of hydrogen-bond acceptors (Lipinski definition) is 4. The van der Waals surface area contributed by atoms with Crippen molar-refractivity contribution in [3.63, 3.8) is 0 Å². The van der Waals surface area contributed by atoms with Crippen LogP contribution in [0.5, 0.6) is 0 Å². The lowest BCUT2D eigenvalue weighted by Crippen LogP contribution is -2.04. The molecule has 1 rings (SSSR count). The van der Waals surface area contributed by atoms with E-state index in [1.54, 1.807) is 4.68 Å². The first-order chi connectivity index (χ1) is 6.31. The lowest BCUT2D eigenvalue weighted by Gasteiger charge is -2.01. The normalized spacial score (nSPS) is 12.0. The minimum absolute atomic E-state index is 0.0599. The van der Waals surface area contributed by atoms with Crippen LogP contribution in [0.3, 0.4) is 0 Å². The third-order valence-electron chi connectivity index (χ3n) is 2.08. The Morgan fingerprint density at radius 1 is 1.43 bits per heavy atom. The monoisotopic (exact) mass is 218 g/mol. The van der Waals surface area contributed by atoms with Crippen LogP contribution in [0.4, 0.5) is 0 Å². The highest BCUT2D eigenvalue weighted by atomic mass is 32.2. The van der Waals surface area contributed by atoms with E-state index in [2.05, 4.69) is 5.10 Å². The lowest BCUT2D eigenvalue weighted by molar-refractivity contribution is 0.310. The van der Waals surface area contributed by atoms with Gasteiger partial charge in [-0.2, -0.15) is 13.5 Å². The standard InChI is InChI=1S/C8H14N2O3S/c1-6-8(5-13-14(4,11)12)7(2)10(3)9-6/h5H2,1-4H3. The number of hydrogen-bond donors (Lipinski definition) is 0. The molecule has 0 unspecified atom stereocenters. The first-order valence-electron chi connectivity index (χ1n) is 4.14. The van der Waals surface area contributed by atoms with Gasteiger partial charge < -0.3 is 0 Å². The number of aryl methyl sites for hydroxylation is 2. The summed E-state index contributed by atoms with van der Waals surface area (Å²) in [7, 11) is -1.57. The first-order valence-corrected chi connectivity index (χ1v) is 5.96. The van der Waals surface area contributed by atoms with Gasteiger partial charge in [-0.25, -0.2) is 0 Å². The van der Waals surface area contributed by atoms with Crippen molar-refractivity contribution >= 4 is 10.1 Å². The molecular formula is C8H14N2O3S. The van der Waals surface area contributed by atoms with Crippen LogP contribution in [0.1, 0.15) is 17.0 Å². The molecule has 0 atom stereocenters. The summed E-state index contributed by atoms with van der Waals surface area (Å²) in [6, 6.07) is 0. The molecular weight excluding hydrogens is 204 g/mol. The minimum atomic E-state index is -3.38. The van der Waals surface area contributed by atoms with E-state index in [0.717, 1.165) is 23.2 Å². The van der Waals surface area contributed by atoms with Gasteiger partial charge in [0.25, 0.3) is 10.1 Å². The molecule has 0 aromatic carbocycles. The van der Waals surface area contributed by atoms with Crippen LogP contribution in [-0.4, -0.2) is 24.5 Å². The van der Waals surface area contributed by atoms with Gasteiger partial charge in [-0.1, -0.05) is 0 Å². The van der Waals surface area contributed by atoms with Crippen LogP contribution >= 0.6 is 0 Å². The third kappa shape index (κ3) is 2.55. The van der Waals surface area contributed by atoms with Crippen molar-refractivity contribution in [2.75, 3.05) is 6.26 Å². The van der Waals surface area contributed by atoms with Gasteiger partial charge in [0.1, 0.15) is 0 Å². The number of rotatable bonds is 3. The summed E-state index contributed by atoms with van der Waals surface area (Å²) in [6.07, 6.45) is 1.04. The predicted octanol–water partition coefficient (Wildman–Crippen LogP) is 0.513. The van der Waals surface area contributed by atoms with Gasteiger partial charge in [0, 0.05) is 18.3 Å². The Morgan fingerprint density at radius 3 is 2.36 bits per heavy atom. The molecule has 1 aromatic rings. The average molecular weight is 218 g/mol. The van der Waals surface area contributed by atoms with E-state index in [-0.39, 0.29) is 6.61 Å². The van der Waals surface area contributed by atoms with Crippen LogP contribution in [0.15, 0.2) is 0 Å². The lowest BCUT2D eigenvalue weighted by atomic mass is 10.2. The summed E-state index contributed by atoms with van der Waals surface area (Å²) >= 11 is 0. The number of aromatic nitrogens is 2. The van der Waals surface area contributed by atoms with Crippen LogP contribution in [0, 0.1) is 13.8 Å². The van der Waals surface area contributed by atoms with E-state index >= 15 is 0 Å². The fourth-order valence-electron chi connectivity index (χ4n) is 1.19. The van der Waals surface area contributed by atoms with E-state index < -0.39 is 10.1 Å². The molecule has 5 nitrogen and oxygen atoms in total. The molecule has 0 saturated heterocycles. The summed E-state index contributed by atoms with van der Waals surface area (Å²) in [4.78, 5) is 0. The highest BCUT2D eigenvalue weighted by Gasteiger charge is 2.11. The van der Waals surface area contributed by atoms with Crippen molar-refractivity contribution in [3.8, 4) is 0 Å². The first kappa shape index (κ1) is 11.2. The molecule has 1 heterocycles. The van der Waals surface area contributed by atoms with Crippen molar-refractivity contribution in [2.45, 2.75) is 20.5 Å². The highest BCUT2D eigenvalue weighted by Crippen LogP contribution is 2.13. The number of nitrogens with zero attached hydrogens (tertiary/aromatic N) is 2. The van der Waals surface area contributed by atoms with Gasteiger partial charge in [0.2, 0.25) is 0 Å². The van der Waals surface area contributed by atoms with Gasteiger partial charge >= 0.3 is 0 Å². The molecule has 80 valence electrons. The van der Waals surface area contributed by atoms with Crippen molar-refractivity contribution in [2.24, 2.45) is 7.05 Å². The molecule has 0 N–H and O–H groups in total. The van der Waals surface area contributed by atoms with Crippen LogP contribution < -0.4 is 0 Å². The molecule has 0 aliphatic heterocycles. The zero-order valence-electron chi connectivity index (χ0n) is 8.73. The fraction of sp³-hybridized carbons (Fsp3) is 0.625. The average Bonchev–Trinajstić information content (AvgIpc) is 2.23. The molecule has 1 aromatic heterocycles. The van der Waals surface area contributed by atoms with Crippen LogP contribution in [-0.2, 0) is 28.0 Å². The summed E-state index contributed by atoms with van der Waals surface area (Å²) in [5.41, 5.74) is 2.55. The van der Waals surface area contributed by atoms with Crippen molar-refractivity contribution in [1.82, 2.24) is 9.78 Å². The Kier molecular flexibility index (Phi) is 2.96. The molecule has 0 radical (unpaired) electrons. The second-order valence-electron chi connectivity index (χ2n) is 3.24. The molecule has 0 amide bonds. The van der Waals surface area contributed by atoms with E-state index in [4.69, 9.17) is 4.18 Å². The zero-order chi connectivity index (χ0) is 10.9. The highest BCUT2D eigenvalue weighted by molar-refractivity contribution is 7.85. The summed E-state index contributed by atoms with van der Waals surface area (Å²) in [5, 5.41) is 4.15. The quantitative estimate of drug-likeness (QED) is 0.694. The molecule has 14 heavy (non-hydrogen) atoms. The van der Waals surface area contributed by atoms with Crippen LogP contribution in [0.2, 0.25) is 0 Å². The van der Waals surface area contributed by atoms with Crippen molar-refractivity contribution < 1.29 is 12.6 Å². The predicted molar refractivity (Wildman–Crippen MR) is 52.3 cm³/mol. The Morgan fingerprint density at radius 2 is 2.00 bits per heavy atom. The molecule has 0 fully saturated rings. The Balaban J connectivity index is 2.87. The van der Waals surface area contributed by atoms with E-state index in [9.17, 15) is 8.42 Å². The van der Waals surface area contributed by atoms with Gasteiger partial charge in [-0.3, -0.25) is 8.86 Å². The summed E-state index contributed by atoms with van der Waals surface area (Å²) < 4.78 is 28.0. The fourth-order valence-corrected chi connectivity index (χ4v) is 1.52. The Bertz CT molecular complexity index is 434. The van der Waals surface area contributed by atoms with Gasteiger partial charge in [-0.05, 0) is 13.8 Å². The molecule has 0 aliphatic carbocycles. The second-order valence-corrected chi connectivity index (χ2v) is 4.88. The topological polar surface area (TPSA) is 61.2 Å². The third-order valence-corrected chi connectivity index (χ3v) is 2.62. The largest absolute Gasteiger partial charge is 0.272 e. The Hall–Kier alpha value is -0.880. The zero-order valence-corrected chi connectivity index (χ0v) is 9.55. The molecule has 0 aliphatic rings. The van der Waals surface area contributed by atoms with E-state index in [0.29, 0.717) is 0 Å². The van der Waals surface area contributed by atoms with E-state index in [1.807, 2.05) is 20.9 Å². The Labute approximate surface area is 83.8 Å². The molecule has 0 saturated carbocycles. The molecule has 0 bridgehead atoms.